The molecule has 3 aromatic rings. The number of nitrogens with zero attached hydrogens (tertiary/aromatic N) is 2. The summed E-state index contributed by atoms with van der Waals surface area (Å²) < 4.78 is 7.26. The zero-order valence-electron chi connectivity index (χ0n) is 14.2. The Balaban J connectivity index is 1.85. The Labute approximate surface area is 160 Å². The van der Waals surface area contributed by atoms with Crippen molar-refractivity contribution in [1.82, 2.24) is 14.8 Å². The van der Waals surface area contributed by atoms with Crippen molar-refractivity contribution >= 4 is 35.4 Å². The van der Waals surface area contributed by atoms with Gasteiger partial charge in [0.25, 0.3) is 0 Å². The van der Waals surface area contributed by atoms with E-state index in [0.717, 1.165) is 11.1 Å². The highest BCUT2D eigenvalue weighted by molar-refractivity contribution is 7.71. The molecule has 0 saturated heterocycles. The van der Waals surface area contributed by atoms with E-state index in [4.69, 9.17) is 28.6 Å². The fourth-order valence-electron chi connectivity index (χ4n) is 2.50. The van der Waals surface area contributed by atoms with Crippen LogP contribution < -0.4 is 10.1 Å². The van der Waals surface area contributed by atoms with E-state index in [1.807, 2.05) is 31.2 Å². The van der Waals surface area contributed by atoms with Crippen LogP contribution in [-0.2, 0) is 11.3 Å². The Morgan fingerprint density at radius 1 is 1.31 bits per heavy atom. The van der Waals surface area contributed by atoms with Crippen molar-refractivity contribution < 1.29 is 9.53 Å². The van der Waals surface area contributed by atoms with E-state index < -0.39 is 0 Å². The lowest BCUT2D eigenvalue weighted by Gasteiger charge is -2.12. The Morgan fingerprint density at radius 3 is 2.73 bits per heavy atom. The number of anilines is 1. The fraction of sp³-hybridized carbons (Fsp3) is 0.167. The van der Waals surface area contributed by atoms with Crippen molar-refractivity contribution in [3.63, 3.8) is 0 Å². The molecule has 0 fully saturated rings. The normalized spacial score (nSPS) is 10.6. The molecule has 0 aliphatic carbocycles. The van der Waals surface area contributed by atoms with E-state index >= 15 is 0 Å². The number of rotatable bonds is 5. The van der Waals surface area contributed by atoms with Crippen LogP contribution in [0.3, 0.4) is 0 Å². The van der Waals surface area contributed by atoms with Crippen LogP contribution in [-0.4, -0.2) is 27.8 Å². The van der Waals surface area contributed by atoms with Gasteiger partial charge in [0.05, 0.1) is 12.8 Å². The fourth-order valence-corrected chi connectivity index (χ4v) is 2.87. The van der Waals surface area contributed by atoms with E-state index in [0.29, 0.717) is 27.1 Å². The first-order valence-electron chi connectivity index (χ1n) is 7.83. The Hall–Kier alpha value is -2.64. The number of benzene rings is 2. The largest absolute Gasteiger partial charge is 0.495 e. The molecule has 26 heavy (non-hydrogen) atoms. The molecule has 2 aromatic carbocycles. The lowest BCUT2D eigenvalue weighted by atomic mass is 10.1. The summed E-state index contributed by atoms with van der Waals surface area (Å²) in [5.41, 5.74) is 2.51. The van der Waals surface area contributed by atoms with Gasteiger partial charge in [-0.25, -0.2) is 0 Å². The summed E-state index contributed by atoms with van der Waals surface area (Å²) in [7, 11) is 1.53. The first-order valence-corrected chi connectivity index (χ1v) is 8.62. The molecule has 0 aliphatic heterocycles. The number of carbonyl (C=O) groups is 1. The van der Waals surface area contributed by atoms with Gasteiger partial charge < -0.3 is 10.1 Å². The third-order valence-corrected chi connectivity index (χ3v) is 4.35. The van der Waals surface area contributed by atoms with Gasteiger partial charge in [-0.15, -0.1) is 0 Å². The number of aromatic nitrogens is 3. The second-order valence-corrected chi connectivity index (χ2v) is 6.52. The maximum Gasteiger partial charge on any atom is 0.244 e. The van der Waals surface area contributed by atoms with E-state index in [-0.39, 0.29) is 12.5 Å². The monoisotopic (exact) mass is 388 g/mol. The van der Waals surface area contributed by atoms with Crippen LogP contribution in [0.15, 0.2) is 42.5 Å². The molecule has 6 nitrogen and oxygen atoms in total. The quantitative estimate of drug-likeness (QED) is 0.642. The molecule has 0 unspecified atom stereocenters. The van der Waals surface area contributed by atoms with Crippen LogP contribution in [0.25, 0.3) is 11.4 Å². The summed E-state index contributed by atoms with van der Waals surface area (Å²) >= 11 is 11.3. The highest BCUT2D eigenvalue weighted by Gasteiger charge is 2.14. The van der Waals surface area contributed by atoms with E-state index in [9.17, 15) is 4.79 Å². The molecule has 0 bridgehead atoms. The number of carbonyl (C=O) groups excluding carboxylic acids is 1. The zero-order valence-corrected chi connectivity index (χ0v) is 15.8. The molecule has 0 radical (unpaired) electrons. The van der Waals surface area contributed by atoms with Gasteiger partial charge in [-0.05, 0) is 37.3 Å². The second kappa shape index (κ2) is 7.72. The molecule has 1 heterocycles. The predicted molar refractivity (Wildman–Crippen MR) is 104 cm³/mol. The molecule has 8 heteroatoms. The molecule has 3 rings (SSSR count). The smallest absolute Gasteiger partial charge is 0.244 e. The third-order valence-electron chi connectivity index (χ3n) is 3.81. The Kier molecular flexibility index (Phi) is 5.39. The molecule has 0 aliphatic rings. The van der Waals surface area contributed by atoms with E-state index in [1.165, 1.54) is 7.11 Å². The molecule has 1 aromatic heterocycles. The Morgan fingerprint density at radius 2 is 2.04 bits per heavy atom. The second-order valence-electron chi connectivity index (χ2n) is 5.70. The number of H-pyrrole nitrogens is 1. The SMILES string of the molecule is COc1ccc(Cl)cc1NC(=O)Cn1c(-c2ccc(C)cc2)n[nH]c1=S. The summed E-state index contributed by atoms with van der Waals surface area (Å²) in [4.78, 5) is 12.5. The van der Waals surface area contributed by atoms with E-state index in [2.05, 4.69) is 15.5 Å². The third kappa shape index (κ3) is 3.95. The topological polar surface area (TPSA) is 71.9 Å². The lowest BCUT2D eigenvalue weighted by Crippen LogP contribution is -2.20. The number of nitrogens with one attached hydrogen (secondary N) is 2. The molecule has 0 atom stereocenters. The van der Waals surface area contributed by atoms with Crippen molar-refractivity contribution in [3.05, 3.63) is 57.8 Å². The lowest BCUT2D eigenvalue weighted by molar-refractivity contribution is -0.116. The van der Waals surface area contributed by atoms with Gasteiger partial charge in [0.2, 0.25) is 5.91 Å². The van der Waals surface area contributed by atoms with Gasteiger partial charge in [0.15, 0.2) is 10.6 Å². The van der Waals surface area contributed by atoms with Crippen molar-refractivity contribution in [2.75, 3.05) is 12.4 Å². The van der Waals surface area contributed by atoms with Crippen LogP contribution in [0.5, 0.6) is 5.75 Å². The van der Waals surface area contributed by atoms with Crippen molar-refractivity contribution in [2.45, 2.75) is 13.5 Å². The number of methoxy groups -OCH3 is 1. The molecule has 0 spiro atoms. The first-order chi connectivity index (χ1) is 12.5. The average molecular weight is 389 g/mol. The molecule has 134 valence electrons. The van der Waals surface area contributed by atoms with Crippen molar-refractivity contribution in [3.8, 4) is 17.1 Å². The zero-order chi connectivity index (χ0) is 18.7. The minimum Gasteiger partial charge on any atom is -0.495 e. The molecule has 0 saturated carbocycles. The van der Waals surface area contributed by atoms with Crippen molar-refractivity contribution in [1.29, 1.82) is 0 Å². The van der Waals surface area contributed by atoms with Crippen LogP contribution >= 0.6 is 23.8 Å². The van der Waals surface area contributed by atoms with Crippen LogP contribution in [0.1, 0.15) is 5.56 Å². The number of hydrogen-bond donors (Lipinski definition) is 2. The highest BCUT2D eigenvalue weighted by atomic mass is 35.5. The number of hydrogen-bond acceptors (Lipinski definition) is 4. The standard InChI is InChI=1S/C18H17ClN4O2S/c1-11-3-5-12(6-4-11)17-21-22-18(26)23(17)10-16(24)20-14-9-13(19)7-8-15(14)25-2/h3-9H,10H2,1-2H3,(H,20,24)(H,22,26). The molecular weight excluding hydrogens is 372 g/mol. The number of aromatic amines is 1. The number of halogens is 1. The first kappa shape index (κ1) is 18.2. The minimum atomic E-state index is -0.267. The van der Waals surface area contributed by atoms with Crippen LogP contribution in [0.2, 0.25) is 5.02 Å². The predicted octanol–water partition coefficient (Wildman–Crippen LogP) is 4.22. The van der Waals surface area contributed by atoms with Crippen molar-refractivity contribution in [2.24, 2.45) is 0 Å². The number of amides is 1. The summed E-state index contributed by atoms with van der Waals surface area (Å²) in [6.07, 6.45) is 0. The van der Waals surface area contributed by atoms with Crippen LogP contribution in [0.4, 0.5) is 5.69 Å². The van der Waals surface area contributed by atoms with Gasteiger partial charge in [-0.1, -0.05) is 41.4 Å². The minimum absolute atomic E-state index is 0.00815. The van der Waals surface area contributed by atoms with Gasteiger partial charge in [0.1, 0.15) is 12.3 Å². The maximum absolute atomic E-state index is 12.5. The van der Waals surface area contributed by atoms with Crippen LogP contribution in [0, 0.1) is 11.7 Å². The van der Waals surface area contributed by atoms with Gasteiger partial charge in [-0.2, -0.15) is 5.10 Å². The van der Waals surface area contributed by atoms with E-state index in [1.54, 1.807) is 22.8 Å². The summed E-state index contributed by atoms with van der Waals surface area (Å²) in [6, 6.07) is 12.9. The summed E-state index contributed by atoms with van der Waals surface area (Å²) in [5.74, 6) is 0.858. The number of ether oxygens (including phenoxy) is 1. The maximum atomic E-state index is 12.5. The van der Waals surface area contributed by atoms with Gasteiger partial charge in [0, 0.05) is 10.6 Å². The summed E-state index contributed by atoms with van der Waals surface area (Å²) in [6.45, 7) is 2.01. The van der Waals surface area contributed by atoms with Gasteiger partial charge in [-0.3, -0.25) is 14.5 Å². The van der Waals surface area contributed by atoms with Gasteiger partial charge >= 0.3 is 0 Å². The molecule has 2 N–H and O–H groups in total. The average Bonchev–Trinajstić information content (AvgIpc) is 2.96. The molecular formula is C18H17ClN4O2S. The number of aryl methyl sites for hydroxylation is 1. The Bertz CT molecular complexity index is 995. The molecule has 1 amide bonds. The summed E-state index contributed by atoms with van der Waals surface area (Å²) in [5, 5.41) is 10.3. The highest BCUT2D eigenvalue weighted by Crippen LogP contribution is 2.27.